The van der Waals surface area contributed by atoms with E-state index in [9.17, 15) is 13.2 Å². The van der Waals surface area contributed by atoms with Gasteiger partial charge < -0.3 is 10.2 Å². The molecule has 1 aromatic carbocycles. The molecule has 0 aromatic heterocycles. The molecule has 1 aliphatic rings. The van der Waals surface area contributed by atoms with E-state index in [4.69, 9.17) is 0 Å². The first-order valence-corrected chi connectivity index (χ1v) is 5.61. The second kappa shape index (κ2) is 5.06. The minimum absolute atomic E-state index is 0.330. The van der Waals surface area contributed by atoms with Crippen molar-refractivity contribution in [1.29, 1.82) is 0 Å². The molecule has 1 atom stereocenters. The first-order chi connectivity index (χ1) is 8.06. The lowest BCUT2D eigenvalue weighted by Crippen LogP contribution is -2.31. The Morgan fingerprint density at radius 1 is 1.29 bits per heavy atom. The van der Waals surface area contributed by atoms with E-state index in [1.807, 2.05) is 7.05 Å². The average molecular weight is 244 g/mol. The molecule has 1 N–H and O–H groups in total. The summed E-state index contributed by atoms with van der Waals surface area (Å²) in [6, 6.07) is 2.39. The molecule has 5 heteroatoms. The Bertz CT molecular complexity index is 386. The largest absolute Gasteiger partial charge is 0.309 e. The zero-order valence-corrected chi connectivity index (χ0v) is 9.64. The molecule has 2 rings (SSSR count). The van der Waals surface area contributed by atoms with Crippen LogP contribution >= 0.6 is 0 Å². The van der Waals surface area contributed by atoms with Crippen LogP contribution in [0.5, 0.6) is 0 Å². The van der Waals surface area contributed by atoms with Crippen molar-refractivity contribution in [1.82, 2.24) is 10.2 Å². The molecule has 0 spiro atoms. The number of nitrogens with one attached hydrogen (secondary N) is 1. The monoisotopic (exact) mass is 244 g/mol. The van der Waals surface area contributed by atoms with Gasteiger partial charge in [-0.05, 0) is 37.7 Å². The quantitative estimate of drug-likeness (QED) is 0.817. The van der Waals surface area contributed by atoms with Gasteiger partial charge in [0.05, 0.1) is 0 Å². The fraction of sp³-hybridized carbons (Fsp3) is 0.500. The molecular formula is C12H15F3N2. The van der Waals surface area contributed by atoms with Crippen molar-refractivity contribution in [2.45, 2.75) is 19.0 Å². The van der Waals surface area contributed by atoms with Gasteiger partial charge in [0.25, 0.3) is 0 Å². The predicted molar refractivity (Wildman–Crippen MR) is 59.1 cm³/mol. The van der Waals surface area contributed by atoms with Crippen LogP contribution in [0.3, 0.4) is 0 Å². The number of hydrogen-bond donors (Lipinski definition) is 1. The minimum atomic E-state index is -1.41. The van der Waals surface area contributed by atoms with Crippen LogP contribution < -0.4 is 5.32 Å². The van der Waals surface area contributed by atoms with Gasteiger partial charge in [0.15, 0.2) is 17.5 Å². The summed E-state index contributed by atoms with van der Waals surface area (Å²) < 4.78 is 38.6. The van der Waals surface area contributed by atoms with Crippen molar-refractivity contribution < 1.29 is 13.2 Å². The summed E-state index contributed by atoms with van der Waals surface area (Å²) in [6.45, 7) is 2.29. The number of rotatable bonds is 3. The third-order valence-corrected chi connectivity index (χ3v) is 3.03. The van der Waals surface area contributed by atoms with Crippen LogP contribution in [0, 0.1) is 17.5 Å². The summed E-state index contributed by atoms with van der Waals surface area (Å²) in [7, 11) is 2.03. The Labute approximate surface area is 98.4 Å². The van der Waals surface area contributed by atoms with Crippen molar-refractivity contribution in [3.05, 3.63) is 35.1 Å². The first-order valence-electron chi connectivity index (χ1n) is 5.61. The first kappa shape index (κ1) is 12.4. The summed E-state index contributed by atoms with van der Waals surface area (Å²) in [5, 5.41) is 3.20. The van der Waals surface area contributed by atoms with E-state index in [1.165, 1.54) is 0 Å². The second-order valence-electron chi connectivity index (χ2n) is 4.50. The molecule has 17 heavy (non-hydrogen) atoms. The molecule has 0 radical (unpaired) electrons. The SMILES string of the molecule is CN1CCC(NCc2cc(F)c(F)c(F)c2)C1. The third-order valence-electron chi connectivity index (χ3n) is 3.03. The van der Waals surface area contributed by atoms with Gasteiger partial charge in [0.2, 0.25) is 0 Å². The fourth-order valence-corrected chi connectivity index (χ4v) is 2.07. The van der Waals surface area contributed by atoms with E-state index in [-0.39, 0.29) is 0 Å². The normalized spacial score (nSPS) is 21.1. The van der Waals surface area contributed by atoms with Gasteiger partial charge in [0, 0.05) is 19.1 Å². The zero-order valence-electron chi connectivity index (χ0n) is 9.64. The van der Waals surface area contributed by atoms with E-state index < -0.39 is 17.5 Å². The van der Waals surface area contributed by atoms with E-state index >= 15 is 0 Å². The van der Waals surface area contributed by atoms with Crippen LogP contribution in [0.15, 0.2) is 12.1 Å². The highest BCUT2D eigenvalue weighted by atomic mass is 19.2. The smallest absolute Gasteiger partial charge is 0.194 e. The van der Waals surface area contributed by atoms with Crippen LogP contribution in [0.4, 0.5) is 13.2 Å². The van der Waals surface area contributed by atoms with Crippen molar-refractivity contribution >= 4 is 0 Å². The summed E-state index contributed by atoms with van der Waals surface area (Å²) in [6.07, 6.45) is 1.02. The summed E-state index contributed by atoms with van der Waals surface area (Å²) >= 11 is 0. The highest BCUT2D eigenvalue weighted by molar-refractivity contribution is 5.19. The molecule has 0 amide bonds. The van der Waals surface area contributed by atoms with Crippen LogP contribution in [0.2, 0.25) is 0 Å². The topological polar surface area (TPSA) is 15.3 Å². The van der Waals surface area contributed by atoms with Crippen LogP contribution in [-0.2, 0) is 6.54 Å². The molecule has 1 aromatic rings. The summed E-state index contributed by atoms with van der Waals surface area (Å²) in [5.41, 5.74) is 0.427. The van der Waals surface area contributed by atoms with Crippen molar-refractivity contribution in [2.75, 3.05) is 20.1 Å². The molecule has 1 unspecified atom stereocenters. The maximum atomic E-state index is 13.0. The van der Waals surface area contributed by atoms with Crippen LogP contribution in [0.25, 0.3) is 0 Å². The Kier molecular flexibility index (Phi) is 3.69. The number of likely N-dealkylation sites (tertiary alicyclic amines) is 1. The lowest BCUT2D eigenvalue weighted by Gasteiger charge is -2.13. The number of benzene rings is 1. The molecule has 0 bridgehead atoms. The minimum Gasteiger partial charge on any atom is -0.309 e. The van der Waals surface area contributed by atoms with Crippen molar-refractivity contribution in [3.63, 3.8) is 0 Å². The number of halogens is 3. The van der Waals surface area contributed by atoms with Gasteiger partial charge >= 0.3 is 0 Å². The van der Waals surface area contributed by atoms with E-state index in [0.29, 0.717) is 18.2 Å². The average Bonchev–Trinajstić information content (AvgIpc) is 2.69. The zero-order chi connectivity index (χ0) is 12.4. The molecule has 1 fully saturated rings. The molecule has 1 heterocycles. The van der Waals surface area contributed by atoms with Gasteiger partial charge in [-0.2, -0.15) is 0 Å². The van der Waals surface area contributed by atoms with Gasteiger partial charge in [0.1, 0.15) is 0 Å². The molecule has 1 saturated heterocycles. The van der Waals surface area contributed by atoms with Crippen LogP contribution in [-0.4, -0.2) is 31.1 Å². The fourth-order valence-electron chi connectivity index (χ4n) is 2.07. The van der Waals surface area contributed by atoms with Crippen LogP contribution in [0.1, 0.15) is 12.0 Å². The van der Waals surface area contributed by atoms with Gasteiger partial charge in [-0.3, -0.25) is 0 Å². The summed E-state index contributed by atoms with van der Waals surface area (Å²) in [5.74, 6) is -3.68. The number of likely N-dealkylation sites (N-methyl/N-ethyl adjacent to an activating group) is 1. The number of hydrogen-bond acceptors (Lipinski definition) is 2. The molecule has 94 valence electrons. The van der Waals surface area contributed by atoms with Crippen molar-refractivity contribution in [3.8, 4) is 0 Å². The Morgan fingerprint density at radius 3 is 2.47 bits per heavy atom. The van der Waals surface area contributed by atoms with Gasteiger partial charge in [-0.1, -0.05) is 0 Å². The number of nitrogens with zero attached hydrogens (tertiary/aromatic N) is 1. The van der Waals surface area contributed by atoms with Crippen molar-refractivity contribution in [2.24, 2.45) is 0 Å². The third kappa shape index (κ3) is 2.98. The lowest BCUT2D eigenvalue weighted by molar-refractivity contribution is 0.397. The highest BCUT2D eigenvalue weighted by Crippen LogP contribution is 2.14. The maximum Gasteiger partial charge on any atom is 0.194 e. The Balaban J connectivity index is 1.95. The standard InChI is InChI=1S/C12H15F3N2/c1-17-3-2-9(7-17)16-6-8-4-10(13)12(15)11(14)5-8/h4-5,9,16H,2-3,6-7H2,1H3. The van der Waals surface area contributed by atoms with Gasteiger partial charge in [-0.15, -0.1) is 0 Å². The van der Waals surface area contributed by atoms with E-state index in [0.717, 1.165) is 31.6 Å². The van der Waals surface area contributed by atoms with Gasteiger partial charge in [-0.25, -0.2) is 13.2 Å². The molecule has 0 saturated carbocycles. The Hall–Kier alpha value is -1.07. The lowest BCUT2D eigenvalue weighted by atomic mass is 10.2. The molecule has 0 aliphatic carbocycles. The molecule has 1 aliphatic heterocycles. The van der Waals surface area contributed by atoms with E-state index in [1.54, 1.807) is 0 Å². The van der Waals surface area contributed by atoms with E-state index in [2.05, 4.69) is 10.2 Å². The Morgan fingerprint density at radius 2 is 1.94 bits per heavy atom. The highest BCUT2D eigenvalue weighted by Gasteiger charge is 2.19. The summed E-state index contributed by atoms with van der Waals surface area (Å²) in [4.78, 5) is 2.18. The maximum absolute atomic E-state index is 13.0. The predicted octanol–water partition coefficient (Wildman–Crippen LogP) is 1.90. The molecular weight excluding hydrogens is 229 g/mol. The second-order valence-corrected chi connectivity index (χ2v) is 4.50. The molecule has 2 nitrogen and oxygen atoms in total.